The van der Waals surface area contributed by atoms with Crippen LogP contribution in [0.5, 0.6) is 0 Å². The van der Waals surface area contributed by atoms with Crippen molar-refractivity contribution >= 4 is 17.5 Å². The molecule has 1 aromatic carbocycles. The normalized spacial score (nSPS) is 16.7. The Hall–Kier alpha value is -2.73. The summed E-state index contributed by atoms with van der Waals surface area (Å²) in [7, 11) is 0. The average molecular weight is 383 g/mol. The Morgan fingerprint density at radius 3 is 2.74 bits per heavy atom. The topological polar surface area (TPSA) is 72.1 Å². The van der Waals surface area contributed by atoms with Crippen LogP contribution in [0.2, 0.25) is 5.02 Å². The predicted octanol–water partition coefficient (Wildman–Crippen LogP) is 3.99. The maximum Gasteiger partial charge on any atom is 0.274 e. The van der Waals surface area contributed by atoms with E-state index in [9.17, 15) is 4.79 Å². The number of hydrogen-bond donors (Lipinski definition) is 0. The summed E-state index contributed by atoms with van der Waals surface area (Å²) in [5.41, 5.74) is 2.22. The molecule has 1 aliphatic rings. The quantitative estimate of drug-likeness (QED) is 0.682. The molecule has 1 aliphatic heterocycles. The molecule has 3 aromatic rings. The third-order valence-corrected chi connectivity index (χ3v) is 4.91. The first-order valence-electron chi connectivity index (χ1n) is 8.89. The second-order valence-electron chi connectivity index (χ2n) is 6.67. The first-order chi connectivity index (χ1) is 13.1. The highest BCUT2D eigenvalue weighted by molar-refractivity contribution is 6.30. The molecule has 1 atom stereocenters. The van der Waals surface area contributed by atoms with Crippen LogP contribution in [0.15, 0.2) is 47.3 Å². The third-order valence-electron chi connectivity index (χ3n) is 4.66. The fraction of sp³-hybridized carbons (Fsp3) is 0.300. The summed E-state index contributed by atoms with van der Waals surface area (Å²) in [4.78, 5) is 27.4. The highest BCUT2D eigenvalue weighted by atomic mass is 35.5. The summed E-state index contributed by atoms with van der Waals surface area (Å²) in [6.45, 7) is 2.50. The Kier molecular flexibility index (Phi) is 4.90. The highest BCUT2D eigenvalue weighted by Gasteiger charge is 2.34. The largest absolute Gasteiger partial charge is 0.443 e. The van der Waals surface area contributed by atoms with Gasteiger partial charge in [-0.15, -0.1) is 0 Å². The Morgan fingerprint density at radius 1 is 1.19 bits per heavy atom. The van der Waals surface area contributed by atoms with Crippen molar-refractivity contribution in [3.63, 3.8) is 0 Å². The summed E-state index contributed by atoms with van der Waals surface area (Å²) in [6.07, 6.45) is 7.23. The molecular formula is C20H19ClN4O2. The van der Waals surface area contributed by atoms with Gasteiger partial charge in [-0.05, 0) is 37.5 Å². The lowest BCUT2D eigenvalue weighted by Gasteiger charge is -2.21. The van der Waals surface area contributed by atoms with Gasteiger partial charge in [-0.25, -0.2) is 9.97 Å². The van der Waals surface area contributed by atoms with E-state index in [1.165, 1.54) is 6.20 Å². The number of likely N-dealkylation sites (tertiary alicyclic amines) is 1. The summed E-state index contributed by atoms with van der Waals surface area (Å²) in [5, 5.41) is 0.705. The van der Waals surface area contributed by atoms with Gasteiger partial charge in [-0.3, -0.25) is 9.78 Å². The van der Waals surface area contributed by atoms with Crippen LogP contribution in [0.3, 0.4) is 0 Å². The van der Waals surface area contributed by atoms with Crippen molar-refractivity contribution in [2.75, 3.05) is 6.54 Å². The summed E-state index contributed by atoms with van der Waals surface area (Å²) in [6, 6.07) is 7.47. The van der Waals surface area contributed by atoms with E-state index < -0.39 is 0 Å². The van der Waals surface area contributed by atoms with Crippen molar-refractivity contribution in [3.8, 4) is 0 Å². The number of nitrogens with zero attached hydrogens (tertiary/aromatic N) is 4. The lowest BCUT2D eigenvalue weighted by Crippen LogP contribution is -2.31. The molecule has 7 heteroatoms. The number of oxazole rings is 1. The molecule has 0 spiro atoms. The molecule has 0 radical (unpaired) electrons. The number of halogens is 1. The molecule has 138 valence electrons. The van der Waals surface area contributed by atoms with E-state index in [-0.39, 0.29) is 11.9 Å². The van der Waals surface area contributed by atoms with Crippen LogP contribution in [0, 0.1) is 6.92 Å². The Balaban J connectivity index is 1.50. The van der Waals surface area contributed by atoms with Gasteiger partial charge in [0.1, 0.15) is 17.5 Å². The first kappa shape index (κ1) is 17.7. The van der Waals surface area contributed by atoms with E-state index in [1.807, 2.05) is 31.2 Å². The summed E-state index contributed by atoms with van der Waals surface area (Å²) < 4.78 is 5.96. The highest BCUT2D eigenvalue weighted by Crippen LogP contribution is 2.32. The van der Waals surface area contributed by atoms with E-state index in [4.69, 9.17) is 16.0 Å². The molecule has 0 aliphatic carbocycles. The van der Waals surface area contributed by atoms with Gasteiger partial charge in [0, 0.05) is 24.2 Å². The van der Waals surface area contributed by atoms with Gasteiger partial charge in [0.2, 0.25) is 5.89 Å². The monoisotopic (exact) mass is 382 g/mol. The van der Waals surface area contributed by atoms with Gasteiger partial charge in [0.15, 0.2) is 0 Å². The number of hydrogen-bond acceptors (Lipinski definition) is 5. The van der Waals surface area contributed by atoms with Crippen molar-refractivity contribution < 1.29 is 9.21 Å². The number of aryl methyl sites for hydroxylation is 1. The minimum atomic E-state index is -0.167. The molecule has 6 nitrogen and oxygen atoms in total. The van der Waals surface area contributed by atoms with Crippen molar-refractivity contribution in [2.24, 2.45) is 0 Å². The number of amides is 1. The van der Waals surface area contributed by atoms with Gasteiger partial charge in [-0.2, -0.15) is 0 Å². The summed E-state index contributed by atoms with van der Waals surface area (Å²) in [5.74, 6) is 1.20. The Bertz CT molecular complexity index is 937. The van der Waals surface area contributed by atoms with Crippen molar-refractivity contribution in [1.29, 1.82) is 0 Å². The minimum absolute atomic E-state index is 0.137. The van der Waals surface area contributed by atoms with Crippen LogP contribution in [0.4, 0.5) is 0 Å². The zero-order valence-corrected chi connectivity index (χ0v) is 15.7. The first-order valence-corrected chi connectivity index (χ1v) is 9.26. The van der Waals surface area contributed by atoms with Crippen molar-refractivity contribution in [3.05, 3.63) is 76.5 Å². The number of benzene rings is 1. The van der Waals surface area contributed by atoms with Gasteiger partial charge >= 0.3 is 0 Å². The predicted molar refractivity (Wildman–Crippen MR) is 101 cm³/mol. The SMILES string of the molecule is Cc1cnc(C(=O)N2CCC[C@H]2c2ncc(Cc3ccc(Cl)cc3)o2)cn1. The van der Waals surface area contributed by atoms with Gasteiger partial charge < -0.3 is 9.32 Å². The molecule has 3 heterocycles. The van der Waals surface area contributed by atoms with Crippen LogP contribution in [0.25, 0.3) is 0 Å². The zero-order valence-electron chi connectivity index (χ0n) is 14.9. The van der Waals surface area contributed by atoms with Crippen LogP contribution < -0.4 is 0 Å². The molecule has 1 amide bonds. The molecule has 0 unspecified atom stereocenters. The van der Waals surface area contributed by atoms with Gasteiger partial charge in [-0.1, -0.05) is 23.7 Å². The van der Waals surface area contributed by atoms with Crippen LogP contribution in [-0.2, 0) is 6.42 Å². The third kappa shape index (κ3) is 3.85. The van der Waals surface area contributed by atoms with Crippen LogP contribution in [-0.4, -0.2) is 32.3 Å². The number of aromatic nitrogens is 3. The number of carbonyl (C=O) groups excluding carboxylic acids is 1. The van der Waals surface area contributed by atoms with Crippen LogP contribution >= 0.6 is 11.6 Å². The van der Waals surface area contributed by atoms with Gasteiger partial charge in [0.05, 0.1) is 18.1 Å². The van der Waals surface area contributed by atoms with E-state index in [1.54, 1.807) is 17.3 Å². The average Bonchev–Trinajstić information content (AvgIpc) is 3.33. The van der Waals surface area contributed by atoms with E-state index in [2.05, 4.69) is 15.0 Å². The molecule has 2 aromatic heterocycles. The minimum Gasteiger partial charge on any atom is -0.443 e. The Labute approximate surface area is 162 Å². The lowest BCUT2D eigenvalue weighted by atomic mass is 10.1. The molecule has 0 saturated carbocycles. The molecule has 0 bridgehead atoms. The van der Waals surface area contributed by atoms with E-state index in [0.717, 1.165) is 29.9 Å². The molecular weight excluding hydrogens is 364 g/mol. The molecule has 1 saturated heterocycles. The second-order valence-corrected chi connectivity index (χ2v) is 7.10. The second kappa shape index (κ2) is 7.48. The maximum atomic E-state index is 12.8. The molecule has 4 rings (SSSR count). The fourth-order valence-corrected chi connectivity index (χ4v) is 3.40. The molecule has 27 heavy (non-hydrogen) atoms. The maximum absolute atomic E-state index is 12.8. The smallest absolute Gasteiger partial charge is 0.274 e. The molecule has 1 fully saturated rings. The summed E-state index contributed by atoms with van der Waals surface area (Å²) >= 11 is 5.93. The zero-order chi connectivity index (χ0) is 18.8. The number of carbonyl (C=O) groups is 1. The fourth-order valence-electron chi connectivity index (χ4n) is 3.28. The van der Waals surface area contributed by atoms with Crippen molar-refractivity contribution in [2.45, 2.75) is 32.2 Å². The standard InChI is InChI=1S/C20H19ClN4O2/c1-13-10-23-17(12-22-13)20(26)25-8-2-3-18(25)19-24-11-16(27-19)9-14-4-6-15(21)7-5-14/h4-7,10-12,18H,2-3,8-9H2,1H3/t18-/m0/s1. The number of rotatable bonds is 4. The van der Waals surface area contributed by atoms with E-state index >= 15 is 0 Å². The Morgan fingerprint density at radius 2 is 2.00 bits per heavy atom. The molecule has 0 N–H and O–H groups in total. The van der Waals surface area contributed by atoms with Gasteiger partial charge in [0.25, 0.3) is 5.91 Å². The lowest BCUT2D eigenvalue weighted by molar-refractivity contribution is 0.0708. The van der Waals surface area contributed by atoms with Crippen molar-refractivity contribution in [1.82, 2.24) is 19.9 Å². The van der Waals surface area contributed by atoms with Crippen LogP contribution in [0.1, 0.15) is 52.3 Å². The van der Waals surface area contributed by atoms with E-state index in [0.29, 0.717) is 29.6 Å².